The Morgan fingerprint density at radius 3 is 2.60 bits per heavy atom. The topological polar surface area (TPSA) is 39.2 Å². The number of hydrogen-bond donors (Lipinski definition) is 0. The van der Waals surface area contributed by atoms with Crippen molar-refractivity contribution in [3.63, 3.8) is 0 Å². The molecule has 0 radical (unpaired) electrons. The summed E-state index contributed by atoms with van der Waals surface area (Å²) in [5.74, 6) is 2.91. The van der Waals surface area contributed by atoms with Crippen molar-refractivity contribution in [2.75, 3.05) is 0 Å². The Morgan fingerprint density at radius 1 is 1.00 bits per heavy atom. The molecule has 0 spiro atoms. The van der Waals surface area contributed by atoms with E-state index in [1.807, 2.05) is 12.3 Å². The lowest BCUT2D eigenvalue weighted by molar-refractivity contribution is -0.144. The third kappa shape index (κ3) is 3.59. The molecule has 30 heavy (non-hydrogen) atoms. The number of fused-ring (bicyclic) bond motifs is 2. The maximum Gasteiger partial charge on any atom is 0.309 e. The number of ether oxygens (including phenoxy) is 1. The second kappa shape index (κ2) is 8.02. The van der Waals surface area contributed by atoms with Gasteiger partial charge in [0.2, 0.25) is 0 Å². The molecule has 0 amide bonds. The van der Waals surface area contributed by atoms with Crippen molar-refractivity contribution in [3.8, 4) is 11.1 Å². The van der Waals surface area contributed by atoms with Crippen molar-refractivity contribution in [3.05, 3.63) is 60.4 Å². The van der Waals surface area contributed by atoms with Crippen LogP contribution in [0.3, 0.4) is 0 Å². The van der Waals surface area contributed by atoms with Crippen molar-refractivity contribution in [2.45, 2.75) is 45.6 Å². The summed E-state index contributed by atoms with van der Waals surface area (Å²) < 4.78 is 5.70. The number of benzene rings is 1. The number of allylic oxidation sites excluding steroid dienone is 1. The fourth-order valence-corrected chi connectivity index (χ4v) is 6.37. The number of cyclic esters (lactones) is 1. The van der Waals surface area contributed by atoms with Crippen LogP contribution in [0.4, 0.5) is 0 Å². The van der Waals surface area contributed by atoms with Gasteiger partial charge in [-0.1, -0.05) is 55.8 Å². The molecule has 2 aliphatic carbocycles. The molecular formula is C27H31NO2. The lowest BCUT2D eigenvalue weighted by atomic mass is 9.56. The van der Waals surface area contributed by atoms with Crippen LogP contribution in [0, 0.1) is 35.5 Å². The highest BCUT2D eigenvalue weighted by atomic mass is 16.6. The van der Waals surface area contributed by atoms with Crippen molar-refractivity contribution in [2.24, 2.45) is 35.5 Å². The SMILES string of the molecule is CC1CCC2C(C1)CC1C(=O)OC(C)C1C2C=Cc1ccc(-c2ccccc2)cn1. The summed E-state index contributed by atoms with van der Waals surface area (Å²) in [5.41, 5.74) is 3.30. The highest BCUT2D eigenvalue weighted by molar-refractivity contribution is 5.75. The normalized spacial score (nSPS) is 35.7. The van der Waals surface area contributed by atoms with E-state index in [0.717, 1.165) is 23.6 Å². The Labute approximate surface area is 179 Å². The number of carbonyl (C=O) groups excluding carboxylic acids is 1. The number of esters is 1. The van der Waals surface area contributed by atoms with E-state index in [-0.39, 0.29) is 18.0 Å². The predicted octanol–water partition coefficient (Wildman–Crippen LogP) is 6.01. The van der Waals surface area contributed by atoms with E-state index in [9.17, 15) is 4.79 Å². The molecule has 3 nitrogen and oxygen atoms in total. The number of aromatic nitrogens is 1. The van der Waals surface area contributed by atoms with Crippen molar-refractivity contribution in [1.82, 2.24) is 4.98 Å². The summed E-state index contributed by atoms with van der Waals surface area (Å²) in [4.78, 5) is 17.2. The van der Waals surface area contributed by atoms with Crippen LogP contribution < -0.4 is 0 Å². The summed E-state index contributed by atoms with van der Waals surface area (Å²) in [6, 6.07) is 14.6. The van der Waals surface area contributed by atoms with Gasteiger partial charge in [0.15, 0.2) is 0 Å². The minimum atomic E-state index is 0.0193. The Morgan fingerprint density at radius 2 is 1.83 bits per heavy atom. The van der Waals surface area contributed by atoms with Gasteiger partial charge in [-0.25, -0.2) is 0 Å². The molecule has 2 heterocycles. The molecule has 7 atom stereocenters. The predicted molar refractivity (Wildman–Crippen MR) is 119 cm³/mol. The summed E-state index contributed by atoms with van der Waals surface area (Å²) in [6.45, 7) is 4.45. The van der Waals surface area contributed by atoms with Gasteiger partial charge in [0, 0.05) is 17.7 Å². The zero-order valence-electron chi connectivity index (χ0n) is 17.9. The van der Waals surface area contributed by atoms with Gasteiger partial charge in [0.25, 0.3) is 0 Å². The zero-order valence-corrected chi connectivity index (χ0v) is 17.9. The number of carbonyl (C=O) groups is 1. The van der Waals surface area contributed by atoms with Gasteiger partial charge in [-0.05, 0) is 67.6 Å². The number of hydrogen-bond acceptors (Lipinski definition) is 3. The van der Waals surface area contributed by atoms with Crippen LogP contribution in [0.15, 0.2) is 54.7 Å². The largest absolute Gasteiger partial charge is 0.462 e. The number of rotatable bonds is 3. The van der Waals surface area contributed by atoms with Crippen LogP contribution in [0.2, 0.25) is 0 Å². The molecular weight excluding hydrogens is 370 g/mol. The molecule has 7 unspecified atom stereocenters. The molecule has 0 bridgehead atoms. The second-order valence-corrected chi connectivity index (χ2v) is 9.68. The van der Waals surface area contributed by atoms with Crippen molar-refractivity contribution < 1.29 is 9.53 Å². The van der Waals surface area contributed by atoms with E-state index in [1.165, 1.54) is 24.8 Å². The lowest BCUT2D eigenvalue weighted by Gasteiger charge is -2.47. The lowest BCUT2D eigenvalue weighted by Crippen LogP contribution is -2.43. The molecule has 2 aromatic rings. The van der Waals surface area contributed by atoms with Gasteiger partial charge in [-0.3, -0.25) is 9.78 Å². The molecule has 5 rings (SSSR count). The van der Waals surface area contributed by atoms with Gasteiger partial charge in [0.05, 0.1) is 11.6 Å². The fraction of sp³-hybridized carbons (Fsp3) is 0.481. The van der Waals surface area contributed by atoms with Crippen LogP contribution in [-0.4, -0.2) is 17.1 Å². The molecule has 1 aromatic carbocycles. The van der Waals surface area contributed by atoms with Crippen LogP contribution in [-0.2, 0) is 9.53 Å². The first kappa shape index (κ1) is 19.5. The van der Waals surface area contributed by atoms with Crippen LogP contribution in [0.25, 0.3) is 17.2 Å². The number of nitrogens with zero attached hydrogens (tertiary/aromatic N) is 1. The zero-order chi connectivity index (χ0) is 20.7. The molecule has 3 fully saturated rings. The first-order valence-electron chi connectivity index (χ1n) is 11.5. The highest BCUT2D eigenvalue weighted by Crippen LogP contribution is 2.54. The summed E-state index contributed by atoms with van der Waals surface area (Å²) >= 11 is 0. The van der Waals surface area contributed by atoms with Crippen molar-refractivity contribution >= 4 is 12.0 Å². The van der Waals surface area contributed by atoms with E-state index in [2.05, 4.69) is 62.4 Å². The minimum absolute atomic E-state index is 0.0193. The Bertz CT molecular complexity index is 920. The molecule has 1 aliphatic heterocycles. The quantitative estimate of drug-likeness (QED) is 0.591. The van der Waals surface area contributed by atoms with Gasteiger partial charge in [-0.2, -0.15) is 0 Å². The van der Waals surface area contributed by atoms with E-state index in [0.29, 0.717) is 23.7 Å². The third-order valence-electron chi connectivity index (χ3n) is 7.79. The van der Waals surface area contributed by atoms with Crippen LogP contribution >= 0.6 is 0 Å². The number of pyridine rings is 1. The molecule has 1 aromatic heterocycles. The molecule has 1 saturated heterocycles. The Kier molecular flexibility index (Phi) is 5.22. The van der Waals surface area contributed by atoms with E-state index >= 15 is 0 Å². The molecule has 3 aliphatic rings. The molecule has 3 heteroatoms. The van der Waals surface area contributed by atoms with Crippen LogP contribution in [0.5, 0.6) is 0 Å². The first-order chi connectivity index (χ1) is 14.6. The highest BCUT2D eigenvalue weighted by Gasteiger charge is 2.54. The standard InChI is InChI=1S/C27H31NO2/c1-17-8-12-23-21(14-17)15-25-26(18(2)30-27(25)29)24(23)13-11-22-10-9-20(16-28-22)19-6-4-3-5-7-19/h3-7,9-11,13,16-18,21,23-26H,8,12,14-15H2,1-2H3. The maximum atomic E-state index is 12.5. The average Bonchev–Trinajstić information content (AvgIpc) is 3.05. The maximum absolute atomic E-state index is 12.5. The first-order valence-corrected chi connectivity index (χ1v) is 11.5. The second-order valence-electron chi connectivity index (χ2n) is 9.68. The molecule has 2 saturated carbocycles. The third-order valence-corrected chi connectivity index (χ3v) is 7.79. The van der Waals surface area contributed by atoms with Gasteiger partial charge < -0.3 is 4.74 Å². The summed E-state index contributed by atoms with van der Waals surface area (Å²) in [5, 5.41) is 0. The monoisotopic (exact) mass is 401 g/mol. The summed E-state index contributed by atoms with van der Waals surface area (Å²) in [6.07, 6.45) is 11.3. The molecule has 156 valence electrons. The van der Waals surface area contributed by atoms with Gasteiger partial charge in [0.1, 0.15) is 6.10 Å². The van der Waals surface area contributed by atoms with Crippen molar-refractivity contribution in [1.29, 1.82) is 0 Å². The van der Waals surface area contributed by atoms with E-state index in [1.54, 1.807) is 0 Å². The molecule has 0 N–H and O–H groups in total. The minimum Gasteiger partial charge on any atom is -0.462 e. The van der Waals surface area contributed by atoms with E-state index in [4.69, 9.17) is 9.72 Å². The van der Waals surface area contributed by atoms with Gasteiger partial charge in [-0.15, -0.1) is 0 Å². The van der Waals surface area contributed by atoms with Crippen LogP contribution in [0.1, 0.15) is 45.2 Å². The van der Waals surface area contributed by atoms with E-state index < -0.39 is 0 Å². The summed E-state index contributed by atoms with van der Waals surface area (Å²) in [7, 11) is 0. The smallest absolute Gasteiger partial charge is 0.309 e. The Hall–Kier alpha value is -2.42. The Balaban J connectivity index is 1.39. The fourth-order valence-electron chi connectivity index (χ4n) is 6.37. The average molecular weight is 402 g/mol. The van der Waals surface area contributed by atoms with Gasteiger partial charge >= 0.3 is 5.97 Å².